The zero-order chi connectivity index (χ0) is 15.6. The molecule has 2 aromatic rings. The summed E-state index contributed by atoms with van der Waals surface area (Å²) >= 11 is 3.31. The summed E-state index contributed by atoms with van der Waals surface area (Å²) in [7, 11) is -3.79. The van der Waals surface area contributed by atoms with Crippen LogP contribution in [-0.2, 0) is 10.0 Å². The fourth-order valence-corrected chi connectivity index (χ4v) is 3.26. The summed E-state index contributed by atoms with van der Waals surface area (Å²) in [5, 5.41) is 8.80. The fraction of sp³-hybridized carbons (Fsp3) is 0.154. The number of benzene rings is 1. The third-order valence-corrected chi connectivity index (χ3v) is 4.95. The Morgan fingerprint density at radius 3 is 2.48 bits per heavy atom. The van der Waals surface area contributed by atoms with Crippen LogP contribution in [0.15, 0.2) is 45.9 Å². The molecule has 112 valence electrons. The highest BCUT2D eigenvalue weighted by Crippen LogP contribution is 2.19. The molecule has 0 aliphatic heterocycles. The lowest BCUT2D eigenvalue weighted by Crippen LogP contribution is -2.26. The molecule has 0 aliphatic rings. The Bertz CT molecular complexity index is 753. The molecule has 0 amide bonds. The smallest absolute Gasteiger partial charge is 0.352 e. The van der Waals surface area contributed by atoms with Crippen molar-refractivity contribution in [1.29, 1.82) is 0 Å². The first-order valence-corrected chi connectivity index (χ1v) is 8.27. The molecule has 0 saturated heterocycles. The minimum absolute atomic E-state index is 0.108. The SMILES string of the molecule is C[C@H](NS(=O)(=O)c1c[nH]c(C(=O)O)c1)c1ccc(Br)cc1. The van der Waals surface area contributed by atoms with E-state index in [2.05, 4.69) is 25.6 Å². The van der Waals surface area contributed by atoms with Gasteiger partial charge in [0.15, 0.2) is 0 Å². The van der Waals surface area contributed by atoms with E-state index in [1.807, 2.05) is 12.1 Å². The van der Waals surface area contributed by atoms with Crippen LogP contribution in [0.3, 0.4) is 0 Å². The monoisotopic (exact) mass is 372 g/mol. The number of halogens is 1. The highest BCUT2D eigenvalue weighted by atomic mass is 79.9. The second-order valence-electron chi connectivity index (χ2n) is 4.45. The van der Waals surface area contributed by atoms with Crippen LogP contribution in [0.2, 0.25) is 0 Å². The number of aromatic nitrogens is 1. The molecule has 0 spiro atoms. The summed E-state index contributed by atoms with van der Waals surface area (Å²) in [6.45, 7) is 1.71. The van der Waals surface area contributed by atoms with Crippen LogP contribution in [0.5, 0.6) is 0 Å². The maximum atomic E-state index is 12.2. The zero-order valence-corrected chi connectivity index (χ0v) is 13.4. The van der Waals surface area contributed by atoms with E-state index in [4.69, 9.17) is 5.11 Å². The average molecular weight is 373 g/mol. The third-order valence-electron chi connectivity index (χ3n) is 2.90. The van der Waals surface area contributed by atoms with Gasteiger partial charge in [-0.2, -0.15) is 0 Å². The Morgan fingerprint density at radius 1 is 1.33 bits per heavy atom. The van der Waals surface area contributed by atoms with Crippen LogP contribution in [0.1, 0.15) is 29.0 Å². The van der Waals surface area contributed by atoms with Gasteiger partial charge in [0.05, 0.1) is 0 Å². The van der Waals surface area contributed by atoms with Gasteiger partial charge in [-0.05, 0) is 30.7 Å². The number of H-pyrrole nitrogens is 1. The van der Waals surface area contributed by atoms with Gasteiger partial charge in [-0.25, -0.2) is 17.9 Å². The second kappa shape index (κ2) is 6.00. The highest BCUT2D eigenvalue weighted by molar-refractivity contribution is 9.10. The molecular weight excluding hydrogens is 360 g/mol. The zero-order valence-electron chi connectivity index (χ0n) is 11.0. The van der Waals surface area contributed by atoms with Gasteiger partial charge in [0, 0.05) is 16.7 Å². The average Bonchev–Trinajstić information content (AvgIpc) is 2.89. The predicted octanol–water partition coefficient (Wildman–Crippen LogP) is 2.51. The van der Waals surface area contributed by atoms with E-state index in [0.29, 0.717) is 0 Å². The first-order valence-electron chi connectivity index (χ1n) is 5.99. The molecule has 1 aromatic heterocycles. The van der Waals surface area contributed by atoms with Gasteiger partial charge >= 0.3 is 5.97 Å². The van der Waals surface area contributed by atoms with Crippen molar-refractivity contribution in [3.05, 3.63) is 52.3 Å². The number of aromatic carboxylic acids is 1. The van der Waals surface area contributed by atoms with Crippen molar-refractivity contribution >= 4 is 31.9 Å². The molecule has 0 aliphatic carbocycles. The lowest BCUT2D eigenvalue weighted by Gasteiger charge is -2.14. The van der Waals surface area contributed by atoms with Crippen LogP contribution >= 0.6 is 15.9 Å². The lowest BCUT2D eigenvalue weighted by atomic mass is 10.1. The van der Waals surface area contributed by atoms with E-state index in [1.165, 1.54) is 0 Å². The molecule has 1 atom stereocenters. The summed E-state index contributed by atoms with van der Waals surface area (Å²) in [6.07, 6.45) is 1.15. The van der Waals surface area contributed by atoms with Crippen LogP contribution < -0.4 is 4.72 Å². The summed E-state index contributed by atoms with van der Waals surface area (Å²) in [4.78, 5) is 13.1. The van der Waals surface area contributed by atoms with Gasteiger partial charge in [-0.3, -0.25) is 0 Å². The first-order chi connectivity index (χ1) is 9.79. The van der Waals surface area contributed by atoms with Gasteiger partial charge < -0.3 is 10.1 Å². The van der Waals surface area contributed by atoms with Crippen LogP contribution in [0, 0.1) is 0 Å². The van der Waals surface area contributed by atoms with E-state index in [9.17, 15) is 13.2 Å². The third kappa shape index (κ3) is 3.72. The summed E-state index contributed by atoms with van der Waals surface area (Å²) in [6, 6.07) is 7.89. The number of carboxylic acid groups (broad SMARTS) is 1. The quantitative estimate of drug-likeness (QED) is 0.750. The number of sulfonamides is 1. The number of rotatable bonds is 5. The molecule has 0 saturated carbocycles. The minimum atomic E-state index is -3.79. The Balaban J connectivity index is 2.20. The molecular formula is C13H13BrN2O4S. The molecule has 6 nitrogen and oxygen atoms in total. The largest absolute Gasteiger partial charge is 0.477 e. The fourth-order valence-electron chi connectivity index (χ4n) is 1.77. The summed E-state index contributed by atoms with van der Waals surface area (Å²) in [5.41, 5.74) is 0.627. The minimum Gasteiger partial charge on any atom is -0.477 e. The topological polar surface area (TPSA) is 99.3 Å². The second-order valence-corrected chi connectivity index (χ2v) is 7.08. The maximum Gasteiger partial charge on any atom is 0.352 e. The number of nitrogens with one attached hydrogen (secondary N) is 2. The first kappa shape index (κ1) is 15.7. The molecule has 0 bridgehead atoms. The van der Waals surface area contributed by atoms with E-state index >= 15 is 0 Å². The normalized spacial score (nSPS) is 13.0. The van der Waals surface area contributed by atoms with Gasteiger partial charge in [0.2, 0.25) is 10.0 Å². The molecule has 8 heteroatoms. The van der Waals surface area contributed by atoms with E-state index in [-0.39, 0.29) is 10.6 Å². The number of aromatic amines is 1. The van der Waals surface area contributed by atoms with Gasteiger partial charge in [0.1, 0.15) is 10.6 Å². The Kier molecular flexibility index (Phi) is 4.50. The maximum absolute atomic E-state index is 12.2. The molecule has 3 N–H and O–H groups in total. The molecule has 0 fully saturated rings. The Morgan fingerprint density at radius 2 is 1.95 bits per heavy atom. The van der Waals surface area contributed by atoms with Gasteiger partial charge in [0.25, 0.3) is 0 Å². The van der Waals surface area contributed by atoms with Crippen LogP contribution in [-0.4, -0.2) is 24.5 Å². The molecule has 21 heavy (non-hydrogen) atoms. The molecule has 0 unspecified atom stereocenters. The Labute approximate surface area is 130 Å². The molecule has 1 heterocycles. The van der Waals surface area contributed by atoms with Crippen molar-refractivity contribution in [2.45, 2.75) is 17.9 Å². The van der Waals surface area contributed by atoms with E-state index < -0.39 is 22.0 Å². The number of hydrogen-bond acceptors (Lipinski definition) is 3. The highest BCUT2D eigenvalue weighted by Gasteiger charge is 2.21. The molecule has 2 rings (SSSR count). The van der Waals surface area contributed by atoms with Crippen molar-refractivity contribution in [2.75, 3.05) is 0 Å². The number of carboxylic acids is 1. The Hall–Kier alpha value is -1.64. The predicted molar refractivity (Wildman–Crippen MR) is 80.6 cm³/mol. The van der Waals surface area contributed by atoms with E-state index in [1.54, 1.807) is 19.1 Å². The molecule has 1 aromatic carbocycles. The van der Waals surface area contributed by atoms with Crippen LogP contribution in [0.25, 0.3) is 0 Å². The van der Waals surface area contributed by atoms with Crippen molar-refractivity contribution in [1.82, 2.24) is 9.71 Å². The van der Waals surface area contributed by atoms with Crippen LogP contribution in [0.4, 0.5) is 0 Å². The summed E-state index contributed by atoms with van der Waals surface area (Å²) in [5.74, 6) is -1.21. The van der Waals surface area contributed by atoms with Crippen molar-refractivity contribution < 1.29 is 18.3 Å². The molecule has 0 radical (unpaired) electrons. The number of hydrogen-bond donors (Lipinski definition) is 3. The van der Waals surface area contributed by atoms with Gasteiger partial charge in [-0.1, -0.05) is 28.1 Å². The summed E-state index contributed by atoms with van der Waals surface area (Å²) < 4.78 is 27.8. The van der Waals surface area contributed by atoms with Gasteiger partial charge in [-0.15, -0.1) is 0 Å². The van der Waals surface area contributed by atoms with Crippen molar-refractivity contribution in [2.24, 2.45) is 0 Å². The standard InChI is InChI=1S/C13H13BrN2O4S/c1-8(9-2-4-10(14)5-3-9)16-21(19,20)11-6-12(13(17)18)15-7-11/h2-8,15-16H,1H3,(H,17,18)/t8-/m0/s1. The van der Waals surface area contributed by atoms with Crippen molar-refractivity contribution in [3.63, 3.8) is 0 Å². The van der Waals surface area contributed by atoms with Crippen molar-refractivity contribution in [3.8, 4) is 0 Å². The van der Waals surface area contributed by atoms with E-state index in [0.717, 1.165) is 22.3 Å². The lowest BCUT2D eigenvalue weighted by molar-refractivity contribution is 0.0691. The number of carbonyl (C=O) groups is 1.